The summed E-state index contributed by atoms with van der Waals surface area (Å²) in [5.41, 5.74) is 3.49. The van der Waals surface area contributed by atoms with Crippen molar-refractivity contribution < 1.29 is 19.0 Å². The summed E-state index contributed by atoms with van der Waals surface area (Å²) in [6, 6.07) is 18.7. The molecule has 0 bridgehead atoms. The van der Waals surface area contributed by atoms with Crippen LogP contribution < -0.4 is 14.2 Å². The molecule has 0 fully saturated rings. The number of amides is 1. The highest BCUT2D eigenvalue weighted by atomic mass is 16.6. The largest absolute Gasteiger partial charge is 0.487 e. The zero-order valence-electron chi connectivity index (χ0n) is 18.6. The Hall–Kier alpha value is -4.00. The lowest BCUT2D eigenvalue weighted by molar-refractivity contribution is 0.0521. The van der Waals surface area contributed by atoms with Crippen LogP contribution in [-0.4, -0.2) is 46.5 Å². The van der Waals surface area contributed by atoms with Gasteiger partial charge in [-0.3, -0.25) is 4.79 Å². The maximum absolute atomic E-state index is 12.9. The van der Waals surface area contributed by atoms with Crippen LogP contribution >= 0.6 is 0 Å². The SMILES string of the molecule is Cc1ccc2nc(COc3ccc(C(=O)N(C)C[C@H]4COc5ccccc5O4)cc3)cn2c1. The minimum absolute atomic E-state index is 0.0836. The quantitative estimate of drug-likeness (QED) is 0.448. The van der Waals surface area contributed by atoms with Crippen LogP contribution in [0.3, 0.4) is 0 Å². The van der Waals surface area contributed by atoms with Gasteiger partial charge in [-0.05, 0) is 55.0 Å². The van der Waals surface area contributed by atoms with E-state index in [0.717, 1.165) is 17.1 Å². The molecule has 5 rings (SSSR count). The maximum atomic E-state index is 12.9. The number of rotatable bonds is 6. The molecule has 1 atom stereocenters. The summed E-state index contributed by atoms with van der Waals surface area (Å²) in [5.74, 6) is 2.04. The number of hydrogen-bond donors (Lipinski definition) is 0. The molecule has 4 aromatic rings. The Morgan fingerprint density at radius 1 is 1.09 bits per heavy atom. The first-order chi connectivity index (χ1) is 16.0. The summed E-state index contributed by atoms with van der Waals surface area (Å²) in [6.07, 6.45) is 3.78. The molecule has 168 valence electrons. The Labute approximate surface area is 192 Å². The molecule has 7 heteroatoms. The van der Waals surface area contributed by atoms with E-state index < -0.39 is 0 Å². The van der Waals surface area contributed by atoms with E-state index >= 15 is 0 Å². The zero-order valence-corrected chi connectivity index (χ0v) is 18.6. The first-order valence-electron chi connectivity index (χ1n) is 10.9. The highest BCUT2D eigenvalue weighted by Crippen LogP contribution is 2.31. The molecule has 3 heterocycles. The standard InChI is InChI=1S/C26H25N3O4/c1-18-7-12-25-27-20(14-29(25)13-18)16-31-21-10-8-19(9-11-21)26(30)28(2)15-22-17-32-23-5-3-4-6-24(23)33-22/h3-14,22H,15-17H2,1-2H3/t22-/m0/s1. The van der Waals surface area contributed by atoms with E-state index in [9.17, 15) is 4.79 Å². The molecule has 1 aliphatic heterocycles. The molecular formula is C26H25N3O4. The number of pyridine rings is 1. The topological polar surface area (TPSA) is 65.3 Å². The van der Waals surface area contributed by atoms with Crippen LogP contribution in [0, 0.1) is 6.92 Å². The monoisotopic (exact) mass is 443 g/mol. The van der Waals surface area contributed by atoms with E-state index in [0.29, 0.717) is 36.8 Å². The molecule has 0 spiro atoms. The van der Waals surface area contributed by atoms with Gasteiger partial charge in [0.15, 0.2) is 17.6 Å². The molecular weight excluding hydrogens is 418 g/mol. The number of ether oxygens (including phenoxy) is 3. The smallest absolute Gasteiger partial charge is 0.253 e. The van der Waals surface area contributed by atoms with Crippen molar-refractivity contribution >= 4 is 11.6 Å². The minimum atomic E-state index is -0.217. The van der Waals surface area contributed by atoms with Crippen molar-refractivity contribution in [2.75, 3.05) is 20.2 Å². The van der Waals surface area contributed by atoms with Crippen LogP contribution in [0.2, 0.25) is 0 Å². The maximum Gasteiger partial charge on any atom is 0.253 e. The van der Waals surface area contributed by atoms with Crippen molar-refractivity contribution in [3.05, 3.63) is 89.9 Å². The van der Waals surface area contributed by atoms with Gasteiger partial charge in [-0.15, -0.1) is 0 Å². The number of benzene rings is 2. The van der Waals surface area contributed by atoms with Crippen LogP contribution in [0.25, 0.3) is 5.65 Å². The third kappa shape index (κ3) is 4.62. The highest BCUT2D eigenvalue weighted by molar-refractivity contribution is 5.94. The minimum Gasteiger partial charge on any atom is -0.487 e. The molecule has 2 aromatic carbocycles. The van der Waals surface area contributed by atoms with E-state index in [-0.39, 0.29) is 12.0 Å². The van der Waals surface area contributed by atoms with Gasteiger partial charge in [-0.25, -0.2) is 4.98 Å². The van der Waals surface area contributed by atoms with Crippen LogP contribution in [0.1, 0.15) is 21.6 Å². The lowest BCUT2D eigenvalue weighted by Crippen LogP contribution is -2.41. The molecule has 0 saturated carbocycles. The normalized spacial score (nSPS) is 14.8. The van der Waals surface area contributed by atoms with Crippen molar-refractivity contribution in [2.24, 2.45) is 0 Å². The van der Waals surface area contributed by atoms with E-state index in [1.54, 1.807) is 36.2 Å². The molecule has 0 radical (unpaired) electrons. The molecule has 0 aliphatic carbocycles. The Morgan fingerprint density at radius 3 is 2.70 bits per heavy atom. The number of likely N-dealkylation sites (N-methyl/N-ethyl adjacent to an activating group) is 1. The van der Waals surface area contributed by atoms with Crippen LogP contribution in [0.5, 0.6) is 17.2 Å². The second-order valence-corrected chi connectivity index (χ2v) is 8.20. The number of carbonyl (C=O) groups is 1. The summed E-state index contributed by atoms with van der Waals surface area (Å²) >= 11 is 0. The van der Waals surface area contributed by atoms with Crippen molar-refractivity contribution in [1.82, 2.24) is 14.3 Å². The number of fused-ring (bicyclic) bond motifs is 2. The van der Waals surface area contributed by atoms with Gasteiger partial charge in [-0.1, -0.05) is 18.2 Å². The van der Waals surface area contributed by atoms with E-state index in [1.807, 2.05) is 60.1 Å². The van der Waals surface area contributed by atoms with Gasteiger partial charge >= 0.3 is 0 Å². The van der Waals surface area contributed by atoms with E-state index in [2.05, 4.69) is 4.98 Å². The molecule has 1 aliphatic rings. The van der Waals surface area contributed by atoms with Gasteiger partial charge in [0.05, 0.1) is 12.2 Å². The Balaban J connectivity index is 1.16. The number of para-hydroxylation sites is 2. The number of imidazole rings is 1. The fourth-order valence-corrected chi connectivity index (χ4v) is 3.84. The number of nitrogens with zero attached hydrogens (tertiary/aromatic N) is 3. The summed E-state index contributed by atoms with van der Waals surface area (Å²) < 4.78 is 19.6. The van der Waals surface area contributed by atoms with E-state index in [4.69, 9.17) is 14.2 Å². The first-order valence-corrected chi connectivity index (χ1v) is 10.9. The van der Waals surface area contributed by atoms with Gasteiger partial charge < -0.3 is 23.5 Å². The number of aromatic nitrogens is 2. The van der Waals surface area contributed by atoms with Gasteiger partial charge in [0.2, 0.25) is 0 Å². The van der Waals surface area contributed by atoms with Gasteiger partial charge in [0.25, 0.3) is 5.91 Å². The van der Waals surface area contributed by atoms with Gasteiger partial charge in [-0.2, -0.15) is 0 Å². The summed E-state index contributed by atoms with van der Waals surface area (Å²) in [4.78, 5) is 19.1. The molecule has 0 saturated heterocycles. The summed E-state index contributed by atoms with van der Waals surface area (Å²) in [5, 5.41) is 0. The van der Waals surface area contributed by atoms with Crippen molar-refractivity contribution in [3.63, 3.8) is 0 Å². The van der Waals surface area contributed by atoms with Gasteiger partial charge in [0, 0.05) is 25.0 Å². The van der Waals surface area contributed by atoms with Gasteiger partial charge in [0.1, 0.15) is 24.6 Å². The molecule has 0 N–H and O–H groups in total. The van der Waals surface area contributed by atoms with Crippen LogP contribution in [0.15, 0.2) is 73.1 Å². The molecule has 0 unspecified atom stereocenters. The van der Waals surface area contributed by atoms with E-state index in [1.165, 1.54) is 5.56 Å². The third-order valence-corrected chi connectivity index (χ3v) is 5.53. The third-order valence-electron chi connectivity index (χ3n) is 5.53. The number of carbonyl (C=O) groups excluding carboxylic acids is 1. The first kappa shape index (κ1) is 20.9. The summed E-state index contributed by atoms with van der Waals surface area (Å²) in [7, 11) is 1.77. The molecule has 2 aromatic heterocycles. The summed E-state index contributed by atoms with van der Waals surface area (Å²) in [6.45, 7) is 3.24. The Morgan fingerprint density at radius 2 is 1.88 bits per heavy atom. The average Bonchev–Trinajstić information content (AvgIpc) is 3.24. The highest BCUT2D eigenvalue weighted by Gasteiger charge is 2.24. The predicted molar refractivity (Wildman–Crippen MR) is 124 cm³/mol. The Bertz CT molecular complexity index is 1280. The zero-order chi connectivity index (χ0) is 22.8. The van der Waals surface area contributed by atoms with Crippen LogP contribution in [0.4, 0.5) is 0 Å². The lowest BCUT2D eigenvalue weighted by atomic mass is 10.2. The van der Waals surface area contributed by atoms with Crippen molar-refractivity contribution in [2.45, 2.75) is 19.6 Å². The van der Waals surface area contributed by atoms with Crippen LogP contribution in [-0.2, 0) is 6.61 Å². The fourth-order valence-electron chi connectivity index (χ4n) is 3.84. The number of hydrogen-bond acceptors (Lipinski definition) is 5. The molecule has 33 heavy (non-hydrogen) atoms. The average molecular weight is 444 g/mol. The Kier molecular flexibility index (Phi) is 5.60. The van der Waals surface area contributed by atoms with Crippen molar-refractivity contribution in [3.8, 4) is 17.2 Å². The molecule has 7 nitrogen and oxygen atoms in total. The second kappa shape index (κ2) is 8.86. The number of aryl methyl sites for hydroxylation is 1. The van der Waals surface area contributed by atoms with Crippen molar-refractivity contribution in [1.29, 1.82) is 0 Å². The fraction of sp³-hybridized carbons (Fsp3) is 0.231. The lowest BCUT2D eigenvalue weighted by Gasteiger charge is -2.29. The molecule has 1 amide bonds. The predicted octanol–water partition coefficient (Wildman–Crippen LogP) is 4.13. The second-order valence-electron chi connectivity index (χ2n) is 8.20.